The van der Waals surface area contributed by atoms with Gasteiger partial charge in [-0.15, -0.1) is 11.3 Å². The maximum atomic E-state index is 12.5. The van der Waals surface area contributed by atoms with Gasteiger partial charge >= 0.3 is 0 Å². The lowest BCUT2D eigenvalue weighted by Crippen LogP contribution is -2.49. The lowest BCUT2D eigenvalue weighted by atomic mass is 9.79. The standard InChI is InChI=1S/C17H24N2O3S/c18-16(21)17(6-8-22-9-7-17)11-19-15(20)14-10-12-4-2-1-3-5-13(12)23-14/h10H,1-9,11H2,(H2,18,21)(H,19,20). The van der Waals surface area contributed by atoms with Crippen LogP contribution < -0.4 is 11.1 Å². The van der Waals surface area contributed by atoms with Crippen LogP contribution in [0.3, 0.4) is 0 Å². The van der Waals surface area contributed by atoms with E-state index in [1.807, 2.05) is 6.07 Å². The van der Waals surface area contributed by atoms with Crippen molar-refractivity contribution in [1.29, 1.82) is 0 Å². The summed E-state index contributed by atoms with van der Waals surface area (Å²) in [6.07, 6.45) is 6.98. The van der Waals surface area contributed by atoms with E-state index >= 15 is 0 Å². The SMILES string of the molecule is NC(=O)C1(CNC(=O)c2cc3c(s2)CCCCC3)CCOCC1. The van der Waals surface area contributed by atoms with Crippen LogP contribution in [0.4, 0.5) is 0 Å². The second kappa shape index (κ2) is 7.01. The highest BCUT2D eigenvalue weighted by Gasteiger charge is 2.38. The minimum absolute atomic E-state index is 0.0878. The van der Waals surface area contributed by atoms with Crippen LogP contribution in [0.1, 0.15) is 52.2 Å². The van der Waals surface area contributed by atoms with E-state index in [1.54, 1.807) is 11.3 Å². The summed E-state index contributed by atoms with van der Waals surface area (Å²) in [6, 6.07) is 2.03. The number of nitrogens with two attached hydrogens (primary N) is 1. The van der Waals surface area contributed by atoms with Gasteiger partial charge < -0.3 is 15.8 Å². The smallest absolute Gasteiger partial charge is 0.261 e. The summed E-state index contributed by atoms with van der Waals surface area (Å²) in [5.74, 6) is -0.432. The highest BCUT2D eigenvalue weighted by atomic mass is 32.1. The van der Waals surface area contributed by atoms with Crippen molar-refractivity contribution in [1.82, 2.24) is 5.32 Å². The fourth-order valence-electron chi connectivity index (χ4n) is 3.39. The van der Waals surface area contributed by atoms with Gasteiger partial charge in [0, 0.05) is 24.6 Å². The predicted octanol–water partition coefficient (Wildman–Crippen LogP) is 2.03. The van der Waals surface area contributed by atoms with Crippen molar-refractivity contribution in [2.45, 2.75) is 44.9 Å². The fraction of sp³-hybridized carbons (Fsp3) is 0.647. The maximum Gasteiger partial charge on any atom is 0.261 e. The van der Waals surface area contributed by atoms with Crippen molar-refractivity contribution >= 4 is 23.2 Å². The van der Waals surface area contributed by atoms with Crippen molar-refractivity contribution in [3.05, 3.63) is 21.4 Å². The van der Waals surface area contributed by atoms with Crippen molar-refractivity contribution < 1.29 is 14.3 Å². The van der Waals surface area contributed by atoms with Crippen LogP contribution >= 0.6 is 11.3 Å². The average molecular weight is 336 g/mol. The van der Waals surface area contributed by atoms with E-state index in [-0.39, 0.29) is 11.8 Å². The number of fused-ring (bicyclic) bond motifs is 1. The third-order valence-corrected chi connectivity index (χ3v) is 6.27. The molecule has 1 aromatic rings. The minimum Gasteiger partial charge on any atom is -0.381 e. The number of nitrogens with one attached hydrogen (secondary N) is 1. The molecule has 0 saturated carbocycles. The van der Waals surface area contributed by atoms with Crippen molar-refractivity contribution in [2.24, 2.45) is 11.1 Å². The molecule has 3 N–H and O–H groups in total. The second-order valence-electron chi connectivity index (χ2n) is 6.56. The van der Waals surface area contributed by atoms with E-state index in [4.69, 9.17) is 10.5 Å². The van der Waals surface area contributed by atoms with Gasteiger partial charge in [-0.25, -0.2) is 0 Å². The Balaban J connectivity index is 1.66. The molecule has 126 valence electrons. The van der Waals surface area contributed by atoms with Crippen molar-refractivity contribution in [3.8, 4) is 0 Å². The summed E-state index contributed by atoms with van der Waals surface area (Å²) in [5, 5.41) is 2.93. The minimum atomic E-state index is -0.664. The largest absolute Gasteiger partial charge is 0.381 e. The summed E-state index contributed by atoms with van der Waals surface area (Å²) in [5.41, 5.74) is 6.24. The molecule has 2 aliphatic rings. The number of ether oxygens (including phenoxy) is 1. The monoisotopic (exact) mass is 336 g/mol. The molecular formula is C17H24N2O3S. The topological polar surface area (TPSA) is 81.4 Å². The van der Waals surface area contributed by atoms with Gasteiger partial charge in [0.15, 0.2) is 0 Å². The lowest BCUT2D eigenvalue weighted by Gasteiger charge is -2.34. The van der Waals surface area contributed by atoms with E-state index in [0.717, 1.165) is 17.7 Å². The Bertz CT molecular complexity index is 567. The molecule has 0 bridgehead atoms. The van der Waals surface area contributed by atoms with Gasteiger partial charge in [0.05, 0.1) is 10.3 Å². The zero-order valence-corrected chi connectivity index (χ0v) is 14.2. The van der Waals surface area contributed by atoms with Crippen LogP contribution in [-0.2, 0) is 22.4 Å². The first-order valence-corrected chi connectivity index (χ1v) is 9.20. The molecule has 2 amide bonds. The zero-order valence-electron chi connectivity index (χ0n) is 13.4. The normalized spacial score (nSPS) is 20.3. The number of amides is 2. The molecule has 1 aliphatic heterocycles. The molecule has 0 unspecified atom stereocenters. The number of hydrogen-bond acceptors (Lipinski definition) is 4. The first kappa shape index (κ1) is 16.5. The number of hydrogen-bond donors (Lipinski definition) is 2. The third-order valence-electron chi connectivity index (χ3n) is 5.03. The number of primary amides is 1. The molecule has 5 nitrogen and oxygen atoms in total. The van der Waals surface area contributed by atoms with E-state index in [2.05, 4.69) is 5.32 Å². The molecule has 0 spiro atoms. The van der Waals surface area contributed by atoms with Gasteiger partial charge in [-0.1, -0.05) is 6.42 Å². The van der Waals surface area contributed by atoms with Crippen molar-refractivity contribution in [3.63, 3.8) is 0 Å². The molecule has 1 aliphatic carbocycles. The van der Waals surface area contributed by atoms with Crippen molar-refractivity contribution in [2.75, 3.05) is 19.8 Å². The number of thiophene rings is 1. The predicted molar refractivity (Wildman–Crippen MR) is 89.6 cm³/mol. The van der Waals surface area contributed by atoms with E-state index < -0.39 is 5.41 Å². The zero-order chi connectivity index (χ0) is 16.3. The molecule has 0 radical (unpaired) electrons. The average Bonchev–Trinajstić information content (AvgIpc) is 2.84. The Hall–Kier alpha value is -1.40. The summed E-state index contributed by atoms with van der Waals surface area (Å²) in [7, 11) is 0. The molecule has 0 atom stereocenters. The molecule has 2 heterocycles. The number of carbonyl (C=O) groups is 2. The Labute approximate surface area is 140 Å². The van der Waals surface area contributed by atoms with E-state index in [1.165, 1.54) is 29.7 Å². The highest BCUT2D eigenvalue weighted by Crippen LogP contribution is 2.31. The molecule has 6 heteroatoms. The maximum absolute atomic E-state index is 12.5. The van der Waals surface area contributed by atoms with Gasteiger partial charge in [0.1, 0.15) is 0 Å². The molecule has 1 aromatic heterocycles. The van der Waals surface area contributed by atoms with Gasteiger partial charge in [0.2, 0.25) is 5.91 Å². The molecule has 1 fully saturated rings. The number of carbonyl (C=O) groups excluding carboxylic acids is 2. The first-order valence-electron chi connectivity index (χ1n) is 8.38. The van der Waals surface area contributed by atoms with E-state index in [0.29, 0.717) is 32.6 Å². The molecular weight excluding hydrogens is 312 g/mol. The Kier molecular flexibility index (Phi) is 5.02. The van der Waals surface area contributed by atoms with Crippen LogP contribution in [0, 0.1) is 5.41 Å². The fourth-order valence-corrected chi connectivity index (χ4v) is 4.56. The van der Waals surface area contributed by atoms with Gasteiger partial charge in [-0.2, -0.15) is 0 Å². The molecule has 23 heavy (non-hydrogen) atoms. The Morgan fingerprint density at radius 2 is 1.96 bits per heavy atom. The van der Waals surface area contributed by atoms with E-state index in [9.17, 15) is 9.59 Å². The lowest BCUT2D eigenvalue weighted by molar-refractivity contribution is -0.132. The Morgan fingerprint density at radius 1 is 1.22 bits per heavy atom. The number of rotatable bonds is 4. The number of aryl methyl sites for hydroxylation is 2. The summed E-state index contributed by atoms with van der Waals surface area (Å²) in [4.78, 5) is 26.4. The van der Waals surface area contributed by atoms with Crippen LogP contribution in [0.15, 0.2) is 6.07 Å². The molecule has 3 rings (SSSR count). The third kappa shape index (κ3) is 3.58. The quantitative estimate of drug-likeness (QED) is 0.826. The summed E-state index contributed by atoms with van der Waals surface area (Å²) < 4.78 is 5.31. The van der Waals surface area contributed by atoms with Crippen LogP contribution in [0.2, 0.25) is 0 Å². The van der Waals surface area contributed by atoms with Crippen LogP contribution in [0.25, 0.3) is 0 Å². The molecule has 1 saturated heterocycles. The summed E-state index contributed by atoms with van der Waals surface area (Å²) >= 11 is 1.60. The van der Waals surface area contributed by atoms with Crippen LogP contribution in [0.5, 0.6) is 0 Å². The Morgan fingerprint density at radius 3 is 2.70 bits per heavy atom. The van der Waals surface area contributed by atoms with Gasteiger partial charge in [-0.3, -0.25) is 9.59 Å². The summed E-state index contributed by atoms with van der Waals surface area (Å²) in [6.45, 7) is 1.34. The first-order chi connectivity index (χ1) is 11.1. The van der Waals surface area contributed by atoms with Gasteiger partial charge in [0.25, 0.3) is 5.91 Å². The highest BCUT2D eigenvalue weighted by molar-refractivity contribution is 7.14. The second-order valence-corrected chi connectivity index (χ2v) is 7.70. The molecule has 0 aromatic carbocycles. The van der Waals surface area contributed by atoms with Gasteiger partial charge in [-0.05, 0) is 50.2 Å². The van der Waals surface area contributed by atoms with Crippen LogP contribution in [-0.4, -0.2) is 31.6 Å².